The number of hydrogen-bond acceptors (Lipinski definition) is 1. The normalized spacial score (nSPS) is 11.9. The lowest BCUT2D eigenvalue weighted by Crippen LogP contribution is -2.30. The molecule has 2 nitrogen and oxygen atoms in total. The fraction of sp³-hybridized carbons (Fsp3) is 0.0645. The minimum absolute atomic E-state index is 0.487. The van der Waals surface area contributed by atoms with E-state index < -0.39 is 9.52 Å². The Labute approximate surface area is 211 Å². The first-order chi connectivity index (χ1) is 17.4. The highest BCUT2D eigenvalue weighted by atomic mass is 28.2. The first kappa shape index (κ1) is 22.9. The molecule has 0 aliphatic heterocycles. The van der Waals surface area contributed by atoms with Crippen molar-refractivity contribution in [2.24, 2.45) is 0 Å². The van der Waals surface area contributed by atoms with E-state index in [1.807, 2.05) is 6.20 Å². The topological polar surface area (TPSA) is 17.8 Å². The summed E-state index contributed by atoms with van der Waals surface area (Å²) in [6, 6.07) is 43.2. The molecule has 5 rings (SSSR count). The van der Waals surface area contributed by atoms with Gasteiger partial charge in [-0.15, -0.1) is 0 Å². The lowest BCUT2D eigenvalue weighted by atomic mass is 9.65. The predicted molar refractivity (Wildman–Crippen MR) is 153 cm³/mol. The highest BCUT2D eigenvalue weighted by molar-refractivity contribution is 6.73. The van der Waals surface area contributed by atoms with Crippen LogP contribution >= 0.6 is 0 Å². The molecule has 0 saturated heterocycles. The van der Waals surface area contributed by atoms with Gasteiger partial charge < -0.3 is 4.57 Å². The Bertz CT molecular complexity index is 1310. The second-order valence-electron chi connectivity index (χ2n) is 8.82. The fourth-order valence-electron chi connectivity index (χ4n) is 4.68. The van der Waals surface area contributed by atoms with Crippen LogP contribution in [0.5, 0.6) is 0 Å². The van der Waals surface area contributed by atoms with Gasteiger partial charge in [0.05, 0.1) is 15.2 Å². The van der Waals surface area contributed by atoms with E-state index in [2.05, 4.69) is 138 Å². The van der Waals surface area contributed by atoms with Crippen LogP contribution in [0, 0.1) is 0 Å². The molecule has 0 atom stereocenters. The van der Waals surface area contributed by atoms with E-state index in [-0.39, 0.29) is 0 Å². The average Bonchev–Trinajstić information content (AvgIpc) is 3.37. The fourth-order valence-corrected chi connectivity index (χ4v) is 6.84. The Morgan fingerprint density at radius 2 is 1.29 bits per heavy atom. The van der Waals surface area contributed by atoms with Gasteiger partial charge in [-0.1, -0.05) is 133 Å². The van der Waals surface area contributed by atoms with Crippen LogP contribution < -0.4 is 5.72 Å². The number of nitrogens with zero attached hydrogens (tertiary/aromatic N) is 2. The quantitative estimate of drug-likeness (QED) is 0.219. The summed E-state index contributed by atoms with van der Waals surface area (Å²) in [5, 5.41) is 0. The standard InChI is InChI=1S/C31H29BN2Si/c1-5-13-25(14-6-1)23-29(26-15-7-2-8-16-26)32-31-33-21-22-34(31)24-35-30(27-17-9-3-10-18-27)28-19-11-4-12-20-28/h1-23,30,32H,24,35H2. The Hall–Kier alpha value is -3.89. The van der Waals surface area contributed by atoms with Crippen molar-refractivity contribution in [1.82, 2.24) is 9.55 Å². The highest BCUT2D eigenvalue weighted by Gasteiger charge is 2.16. The zero-order valence-electron chi connectivity index (χ0n) is 19.9. The largest absolute Gasteiger partial charge is 0.346 e. The van der Waals surface area contributed by atoms with Crippen LogP contribution in [0.4, 0.5) is 0 Å². The summed E-state index contributed by atoms with van der Waals surface area (Å²) in [5.74, 6) is 0. The third-order valence-electron chi connectivity index (χ3n) is 6.50. The molecule has 0 saturated carbocycles. The van der Waals surface area contributed by atoms with Crippen LogP contribution in [-0.4, -0.2) is 26.4 Å². The molecule has 0 spiro atoms. The average molecular weight is 468 g/mol. The van der Waals surface area contributed by atoms with Crippen molar-refractivity contribution in [1.29, 1.82) is 0 Å². The molecule has 170 valence electrons. The Morgan fingerprint density at radius 3 is 1.89 bits per heavy atom. The van der Waals surface area contributed by atoms with Crippen LogP contribution in [0.3, 0.4) is 0 Å². The molecule has 0 aliphatic rings. The van der Waals surface area contributed by atoms with E-state index in [1.165, 1.54) is 27.7 Å². The molecular weight excluding hydrogens is 439 g/mol. The first-order valence-electron chi connectivity index (χ1n) is 12.3. The summed E-state index contributed by atoms with van der Waals surface area (Å²) >= 11 is 0. The molecule has 4 heteroatoms. The Balaban J connectivity index is 1.40. The number of aromatic nitrogens is 2. The summed E-state index contributed by atoms with van der Waals surface area (Å²) in [4.78, 5) is 4.79. The minimum atomic E-state index is -0.512. The van der Waals surface area contributed by atoms with E-state index in [1.54, 1.807) is 0 Å². The Morgan fingerprint density at radius 1 is 0.743 bits per heavy atom. The van der Waals surface area contributed by atoms with Gasteiger partial charge >= 0.3 is 0 Å². The number of hydrogen-bond donors (Lipinski definition) is 0. The van der Waals surface area contributed by atoms with Gasteiger partial charge in [-0.3, -0.25) is 4.98 Å². The highest BCUT2D eigenvalue weighted by Crippen LogP contribution is 2.24. The van der Waals surface area contributed by atoms with Crippen LogP contribution in [0.1, 0.15) is 27.8 Å². The molecule has 0 fully saturated rings. The lowest BCUT2D eigenvalue weighted by Gasteiger charge is -2.19. The van der Waals surface area contributed by atoms with Gasteiger partial charge in [0.15, 0.2) is 0 Å². The second-order valence-corrected chi connectivity index (χ2v) is 10.7. The van der Waals surface area contributed by atoms with Gasteiger partial charge in [0, 0.05) is 18.6 Å². The van der Waals surface area contributed by atoms with E-state index in [9.17, 15) is 0 Å². The van der Waals surface area contributed by atoms with Crippen LogP contribution in [0.25, 0.3) is 11.5 Å². The third-order valence-corrected chi connectivity index (χ3v) is 8.76. The maximum Gasteiger partial charge on any atom is 0.239 e. The molecule has 0 amide bonds. The van der Waals surface area contributed by atoms with Crippen molar-refractivity contribution in [3.8, 4) is 0 Å². The summed E-state index contributed by atoms with van der Waals surface area (Å²) in [6.07, 6.45) is 7.45. The maximum atomic E-state index is 4.79. The summed E-state index contributed by atoms with van der Waals surface area (Å²) in [5.41, 5.74) is 8.20. The second kappa shape index (κ2) is 11.5. The van der Waals surface area contributed by atoms with Crippen LogP contribution in [-0.2, 0) is 6.17 Å². The van der Waals surface area contributed by atoms with Gasteiger partial charge in [-0.05, 0) is 27.8 Å². The van der Waals surface area contributed by atoms with Gasteiger partial charge in [0.25, 0.3) is 0 Å². The third kappa shape index (κ3) is 5.97. The van der Waals surface area contributed by atoms with Gasteiger partial charge in [0.1, 0.15) is 0 Å². The molecule has 35 heavy (non-hydrogen) atoms. The molecule has 0 bridgehead atoms. The molecule has 1 aromatic heterocycles. The zero-order chi connectivity index (χ0) is 23.7. The SMILES string of the molecule is B(C(=Cc1ccccc1)c1ccccc1)c1nccn1C[SiH2]C(c1ccccc1)c1ccccc1. The number of benzene rings is 4. The molecule has 1 heterocycles. The summed E-state index contributed by atoms with van der Waals surface area (Å²) in [6.45, 7) is 0. The van der Waals surface area contributed by atoms with Crippen LogP contribution in [0.2, 0.25) is 0 Å². The number of rotatable bonds is 9. The molecule has 5 aromatic rings. The van der Waals surface area contributed by atoms with E-state index in [4.69, 9.17) is 4.98 Å². The minimum Gasteiger partial charge on any atom is -0.346 e. The monoisotopic (exact) mass is 468 g/mol. The van der Waals surface area contributed by atoms with Crippen molar-refractivity contribution in [3.63, 3.8) is 0 Å². The summed E-state index contributed by atoms with van der Waals surface area (Å²) < 4.78 is 2.38. The van der Waals surface area contributed by atoms with Gasteiger partial charge in [-0.2, -0.15) is 0 Å². The smallest absolute Gasteiger partial charge is 0.239 e. The number of imidazole rings is 1. The molecule has 0 unspecified atom stereocenters. The van der Waals surface area contributed by atoms with E-state index in [0.29, 0.717) is 5.54 Å². The van der Waals surface area contributed by atoms with Crippen molar-refractivity contribution >= 4 is 34.1 Å². The maximum absolute atomic E-state index is 4.79. The molecule has 0 radical (unpaired) electrons. The van der Waals surface area contributed by atoms with E-state index in [0.717, 1.165) is 19.2 Å². The van der Waals surface area contributed by atoms with Crippen LogP contribution in [0.15, 0.2) is 134 Å². The molecule has 0 aliphatic carbocycles. The first-order valence-corrected chi connectivity index (χ1v) is 14.1. The van der Waals surface area contributed by atoms with Crippen molar-refractivity contribution in [2.75, 3.05) is 0 Å². The van der Waals surface area contributed by atoms with Crippen molar-refractivity contribution < 1.29 is 0 Å². The van der Waals surface area contributed by atoms with Crippen molar-refractivity contribution in [3.05, 3.63) is 156 Å². The van der Waals surface area contributed by atoms with E-state index >= 15 is 0 Å². The van der Waals surface area contributed by atoms with Gasteiger partial charge in [0.2, 0.25) is 7.28 Å². The Kier molecular flexibility index (Phi) is 7.52. The zero-order valence-corrected chi connectivity index (χ0v) is 21.3. The lowest BCUT2D eigenvalue weighted by molar-refractivity contribution is 0.887. The molecule has 0 N–H and O–H groups in total. The predicted octanol–water partition coefficient (Wildman–Crippen LogP) is 5.06. The van der Waals surface area contributed by atoms with Crippen molar-refractivity contribution in [2.45, 2.75) is 11.7 Å². The molecule has 4 aromatic carbocycles. The molecular formula is C31H29BN2Si. The van der Waals surface area contributed by atoms with Gasteiger partial charge in [-0.25, -0.2) is 0 Å². The summed E-state index contributed by atoms with van der Waals surface area (Å²) in [7, 11) is 0.295.